The molecule has 0 aromatic rings. The lowest BCUT2D eigenvalue weighted by Gasteiger charge is -2.11. The quantitative estimate of drug-likeness (QED) is 0.484. The van der Waals surface area contributed by atoms with Crippen molar-refractivity contribution in [3.63, 3.8) is 0 Å². The van der Waals surface area contributed by atoms with Crippen LogP contribution in [0.15, 0.2) is 35.7 Å². The molecule has 0 aliphatic carbocycles. The molecule has 13 heavy (non-hydrogen) atoms. The van der Waals surface area contributed by atoms with Crippen LogP contribution in [0.25, 0.3) is 0 Å². The van der Waals surface area contributed by atoms with Gasteiger partial charge in [-0.15, -0.1) is 0 Å². The number of ether oxygens (including phenoxy) is 1. The van der Waals surface area contributed by atoms with Crippen molar-refractivity contribution in [3.8, 4) is 0 Å². The predicted molar refractivity (Wildman–Crippen MR) is 49.2 cm³/mol. The van der Waals surface area contributed by atoms with E-state index in [0.717, 1.165) is 6.21 Å². The van der Waals surface area contributed by atoms with Crippen LogP contribution in [0.3, 0.4) is 0 Å². The number of carbonyl (C=O) groups is 1. The minimum absolute atomic E-state index is 0.373. The summed E-state index contributed by atoms with van der Waals surface area (Å²) < 4.78 is 4.53. The summed E-state index contributed by atoms with van der Waals surface area (Å²) in [5.41, 5.74) is 1.07. The molecule has 0 fully saturated rings. The maximum Gasteiger partial charge on any atom is 0.354 e. The van der Waals surface area contributed by atoms with Gasteiger partial charge in [-0.2, -0.15) is 0 Å². The Morgan fingerprint density at radius 1 is 1.69 bits per heavy atom. The molecule has 0 spiro atoms. The average molecular weight is 178 g/mol. The highest BCUT2D eigenvalue weighted by molar-refractivity contribution is 5.89. The zero-order chi connectivity index (χ0) is 9.68. The number of allylic oxidation sites excluding steroid dienone is 4. The zero-order valence-corrected chi connectivity index (χ0v) is 7.20. The topological polar surface area (TPSA) is 62.2 Å². The molecular formula is C9H10N2O2. The SMILES string of the molecule is COC(=O)C1=CC=C/C(=C/C=N)N1. The molecule has 0 aromatic carbocycles. The zero-order valence-electron chi connectivity index (χ0n) is 7.20. The minimum Gasteiger partial charge on any atom is -0.464 e. The number of methoxy groups -OCH3 is 1. The molecule has 0 atom stereocenters. The molecule has 1 aliphatic heterocycles. The standard InChI is InChI=1S/C9H10N2O2/c1-13-9(12)8-4-2-3-7(11-8)5-6-10/h2-6,10-11H,1H3/b7-5-,10-6?. The summed E-state index contributed by atoms with van der Waals surface area (Å²) in [6, 6.07) is 0. The molecule has 0 saturated heterocycles. The maximum atomic E-state index is 11.0. The Morgan fingerprint density at radius 3 is 3.08 bits per heavy atom. The van der Waals surface area contributed by atoms with Crippen LogP contribution in [0.1, 0.15) is 0 Å². The number of hydrogen-bond donors (Lipinski definition) is 2. The smallest absolute Gasteiger partial charge is 0.354 e. The second-order valence-corrected chi connectivity index (χ2v) is 2.34. The molecule has 2 N–H and O–H groups in total. The van der Waals surface area contributed by atoms with Gasteiger partial charge in [0.15, 0.2) is 0 Å². The first-order valence-electron chi connectivity index (χ1n) is 3.72. The van der Waals surface area contributed by atoms with Crippen LogP contribution in [-0.2, 0) is 9.53 Å². The number of nitrogens with one attached hydrogen (secondary N) is 2. The van der Waals surface area contributed by atoms with Crippen LogP contribution < -0.4 is 5.32 Å². The van der Waals surface area contributed by atoms with Gasteiger partial charge in [-0.25, -0.2) is 4.79 Å². The fraction of sp³-hybridized carbons (Fsp3) is 0.111. The predicted octanol–water partition coefficient (Wildman–Crippen LogP) is 0.736. The van der Waals surface area contributed by atoms with Gasteiger partial charge in [-0.1, -0.05) is 6.08 Å². The Morgan fingerprint density at radius 2 is 2.46 bits per heavy atom. The van der Waals surface area contributed by atoms with Gasteiger partial charge in [-0.05, 0) is 18.2 Å². The van der Waals surface area contributed by atoms with Gasteiger partial charge in [-0.3, -0.25) is 0 Å². The first-order chi connectivity index (χ1) is 6.27. The molecule has 0 bridgehead atoms. The molecule has 4 heteroatoms. The molecule has 1 rings (SSSR count). The average Bonchev–Trinajstić information content (AvgIpc) is 2.18. The van der Waals surface area contributed by atoms with Crippen molar-refractivity contribution in [1.29, 1.82) is 5.41 Å². The van der Waals surface area contributed by atoms with Gasteiger partial charge in [0, 0.05) is 11.9 Å². The van der Waals surface area contributed by atoms with E-state index >= 15 is 0 Å². The van der Waals surface area contributed by atoms with E-state index in [9.17, 15) is 4.79 Å². The maximum absolute atomic E-state index is 11.0. The normalized spacial score (nSPS) is 17.6. The van der Waals surface area contributed by atoms with Crippen molar-refractivity contribution < 1.29 is 9.53 Å². The minimum atomic E-state index is -0.416. The van der Waals surface area contributed by atoms with Crippen molar-refractivity contribution in [2.75, 3.05) is 7.11 Å². The molecule has 0 amide bonds. The molecule has 0 unspecified atom stereocenters. The second kappa shape index (κ2) is 4.25. The molecular weight excluding hydrogens is 168 g/mol. The number of dihydropyridines is 1. The van der Waals surface area contributed by atoms with Gasteiger partial charge < -0.3 is 15.5 Å². The van der Waals surface area contributed by atoms with E-state index < -0.39 is 5.97 Å². The first kappa shape index (κ1) is 9.25. The highest BCUT2D eigenvalue weighted by Gasteiger charge is 2.10. The number of esters is 1. The lowest BCUT2D eigenvalue weighted by molar-refractivity contribution is -0.136. The van der Waals surface area contributed by atoms with Crippen LogP contribution in [0, 0.1) is 5.41 Å². The molecule has 0 saturated carbocycles. The van der Waals surface area contributed by atoms with Crippen LogP contribution >= 0.6 is 0 Å². The third kappa shape index (κ3) is 2.30. The van der Waals surface area contributed by atoms with Gasteiger partial charge in [0.05, 0.1) is 7.11 Å². The third-order valence-corrected chi connectivity index (χ3v) is 1.49. The molecule has 1 heterocycles. The monoisotopic (exact) mass is 178 g/mol. The molecule has 0 aromatic heterocycles. The van der Waals surface area contributed by atoms with Crippen LogP contribution in [0.5, 0.6) is 0 Å². The van der Waals surface area contributed by atoms with Gasteiger partial charge in [0.2, 0.25) is 0 Å². The van der Waals surface area contributed by atoms with E-state index in [1.807, 2.05) is 0 Å². The van der Waals surface area contributed by atoms with E-state index in [2.05, 4.69) is 10.1 Å². The summed E-state index contributed by atoms with van der Waals surface area (Å²) in [4.78, 5) is 11.0. The molecule has 0 radical (unpaired) electrons. The fourth-order valence-corrected chi connectivity index (χ4v) is 0.903. The number of rotatable bonds is 2. The van der Waals surface area contributed by atoms with E-state index in [0.29, 0.717) is 11.4 Å². The van der Waals surface area contributed by atoms with Gasteiger partial charge >= 0.3 is 5.97 Å². The lowest BCUT2D eigenvalue weighted by Crippen LogP contribution is -2.22. The van der Waals surface area contributed by atoms with E-state index in [4.69, 9.17) is 5.41 Å². The summed E-state index contributed by atoms with van der Waals surface area (Å²) in [6.45, 7) is 0. The van der Waals surface area contributed by atoms with Crippen molar-refractivity contribution in [2.45, 2.75) is 0 Å². The van der Waals surface area contributed by atoms with Gasteiger partial charge in [0.1, 0.15) is 5.70 Å². The van der Waals surface area contributed by atoms with Crippen LogP contribution in [0.2, 0.25) is 0 Å². The highest BCUT2D eigenvalue weighted by atomic mass is 16.5. The van der Waals surface area contributed by atoms with E-state index in [1.165, 1.54) is 7.11 Å². The molecule has 1 aliphatic rings. The van der Waals surface area contributed by atoms with E-state index in [-0.39, 0.29) is 0 Å². The van der Waals surface area contributed by atoms with Gasteiger partial charge in [0.25, 0.3) is 0 Å². The summed E-state index contributed by atoms with van der Waals surface area (Å²) in [6.07, 6.45) is 7.79. The Kier molecular flexibility index (Phi) is 3.03. The Balaban J connectivity index is 2.77. The van der Waals surface area contributed by atoms with Crippen LogP contribution in [0.4, 0.5) is 0 Å². The van der Waals surface area contributed by atoms with Crippen molar-refractivity contribution in [3.05, 3.63) is 35.7 Å². The summed E-state index contributed by atoms with van der Waals surface area (Å²) >= 11 is 0. The second-order valence-electron chi connectivity index (χ2n) is 2.34. The number of carbonyl (C=O) groups excluding carboxylic acids is 1. The largest absolute Gasteiger partial charge is 0.464 e. The third-order valence-electron chi connectivity index (χ3n) is 1.49. The Bertz CT molecular complexity index is 314. The Hall–Kier alpha value is -1.84. The fourth-order valence-electron chi connectivity index (χ4n) is 0.903. The Labute approximate surface area is 76.1 Å². The van der Waals surface area contributed by atoms with Crippen molar-refractivity contribution in [1.82, 2.24) is 5.32 Å². The van der Waals surface area contributed by atoms with Crippen molar-refractivity contribution in [2.24, 2.45) is 0 Å². The summed E-state index contributed by atoms with van der Waals surface area (Å²) in [5, 5.41) is 9.66. The number of hydrogen-bond acceptors (Lipinski definition) is 4. The van der Waals surface area contributed by atoms with Crippen LogP contribution in [-0.4, -0.2) is 19.3 Å². The first-order valence-corrected chi connectivity index (χ1v) is 3.72. The van der Waals surface area contributed by atoms with Crippen molar-refractivity contribution >= 4 is 12.2 Å². The summed E-state index contributed by atoms with van der Waals surface area (Å²) in [5.74, 6) is -0.416. The lowest BCUT2D eigenvalue weighted by atomic mass is 10.2. The van der Waals surface area contributed by atoms with E-state index in [1.54, 1.807) is 24.3 Å². The molecule has 68 valence electrons. The molecule has 4 nitrogen and oxygen atoms in total. The summed E-state index contributed by atoms with van der Waals surface area (Å²) in [7, 11) is 1.32. The highest BCUT2D eigenvalue weighted by Crippen LogP contribution is 2.05.